The zero-order valence-electron chi connectivity index (χ0n) is 19.6. The van der Waals surface area contributed by atoms with Crippen LogP contribution in [0.5, 0.6) is 5.75 Å². The van der Waals surface area contributed by atoms with Gasteiger partial charge in [-0.05, 0) is 59.4 Å². The molecule has 0 saturated heterocycles. The number of carbonyl (C=O) groups is 2. The van der Waals surface area contributed by atoms with E-state index in [9.17, 15) is 9.59 Å². The van der Waals surface area contributed by atoms with Gasteiger partial charge in [-0.25, -0.2) is 4.90 Å². The van der Waals surface area contributed by atoms with Crippen LogP contribution in [0.3, 0.4) is 0 Å². The SMILES string of the molecule is COc1ccc(C2=C(Nc3ccc(C(C)(C)C)cc3)C(=O)N(c3ccccc3C)C2=O)cc1. The molecular formula is C28H28N2O3. The Bertz CT molecular complexity index is 1230. The first-order valence-electron chi connectivity index (χ1n) is 10.9. The van der Waals surface area contributed by atoms with E-state index in [0.717, 1.165) is 11.3 Å². The summed E-state index contributed by atoms with van der Waals surface area (Å²) in [6.07, 6.45) is 0. The lowest BCUT2D eigenvalue weighted by molar-refractivity contribution is -0.120. The maximum absolute atomic E-state index is 13.6. The fraction of sp³-hybridized carbons (Fsp3) is 0.214. The van der Waals surface area contributed by atoms with Crippen molar-refractivity contribution in [3.63, 3.8) is 0 Å². The van der Waals surface area contributed by atoms with Gasteiger partial charge in [0.2, 0.25) is 0 Å². The summed E-state index contributed by atoms with van der Waals surface area (Å²) < 4.78 is 5.25. The minimum Gasteiger partial charge on any atom is -0.497 e. The number of rotatable bonds is 5. The molecule has 5 nitrogen and oxygen atoms in total. The van der Waals surface area contributed by atoms with Gasteiger partial charge in [0, 0.05) is 5.69 Å². The lowest BCUT2D eigenvalue weighted by atomic mass is 9.87. The highest BCUT2D eigenvalue weighted by molar-refractivity contribution is 6.46. The van der Waals surface area contributed by atoms with Gasteiger partial charge < -0.3 is 10.1 Å². The molecule has 168 valence electrons. The molecule has 1 heterocycles. The molecule has 0 fully saturated rings. The van der Waals surface area contributed by atoms with Crippen LogP contribution in [0.2, 0.25) is 0 Å². The van der Waals surface area contributed by atoms with Gasteiger partial charge in [0.1, 0.15) is 11.4 Å². The molecule has 2 amide bonds. The Morgan fingerprint density at radius 2 is 1.45 bits per heavy atom. The summed E-state index contributed by atoms with van der Waals surface area (Å²) in [5.41, 5.74) is 4.64. The van der Waals surface area contributed by atoms with Gasteiger partial charge in [0.15, 0.2) is 0 Å². The molecule has 0 unspecified atom stereocenters. The Kier molecular flexibility index (Phi) is 5.81. The van der Waals surface area contributed by atoms with Gasteiger partial charge in [0.05, 0.1) is 18.4 Å². The maximum Gasteiger partial charge on any atom is 0.282 e. The molecule has 3 aromatic rings. The second kappa shape index (κ2) is 8.58. The number of nitrogens with one attached hydrogen (secondary N) is 1. The van der Waals surface area contributed by atoms with Crippen molar-refractivity contribution in [1.29, 1.82) is 0 Å². The molecule has 0 atom stereocenters. The predicted octanol–water partition coefficient (Wildman–Crippen LogP) is 5.70. The molecule has 0 bridgehead atoms. The van der Waals surface area contributed by atoms with Crippen molar-refractivity contribution in [1.82, 2.24) is 0 Å². The first kappa shape index (κ1) is 22.3. The molecular weight excluding hydrogens is 412 g/mol. The molecule has 33 heavy (non-hydrogen) atoms. The standard InChI is InChI=1S/C28H28N2O3/c1-18-8-6-7-9-23(18)30-26(31)24(19-10-16-22(33-5)17-11-19)25(27(30)32)29-21-14-12-20(13-15-21)28(2,3)4/h6-17,29H,1-5H3. The first-order valence-corrected chi connectivity index (χ1v) is 10.9. The van der Waals surface area contributed by atoms with Crippen molar-refractivity contribution < 1.29 is 14.3 Å². The zero-order valence-corrected chi connectivity index (χ0v) is 19.6. The van der Waals surface area contributed by atoms with E-state index in [2.05, 4.69) is 26.1 Å². The first-order chi connectivity index (χ1) is 15.7. The number of methoxy groups -OCH3 is 1. The Labute approximate surface area is 194 Å². The molecule has 0 spiro atoms. The third kappa shape index (κ3) is 4.27. The van der Waals surface area contributed by atoms with Crippen LogP contribution in [0.1, 0.15) is 37.5 Å². The fourth-order valence-corrected chi connectivity index (χ4v) is 3.90. The molecule has 3 aromatic carbocycles. The topological polar surface area (TPSA) is 58.6 Å². The van der Waals surface area contributed by atoms with Crippen LogP contribution in [0.25, 0.3) is 5.57 Å². The van der Waals surface area contributed by atoms with Crippen LogP contribution in [0, 0.1) is 6.92 Å². The number of imide groups is 1. The number of hydrogen-bond donors (Lipinski definition) is 1. The third-order valence-corrected chi connectivity index (χ3v) is 5.84. The number of nitrogens with zero attached hydrogens (tertiary/aromatic N) is 1. The van der Waals surface area contributed by atoms with E-state index < -0.39 is 0 Å². The summed E-state index contributed by atoms with van der Waals surface area (Å²) in [4.78, 5) is 28.4. The molecule has 5 heteroatoms. The largest absolute Gasteiger partial charge is 0.497 e. The Morgan fingerprint density at radius 1 is 0.818 bits per heavy atom. The van der Waals surface area contributed by atoms with Gasteiger partial charge in [-0.1, -0.05) is 63.2 Å². The highest BCUT2D eigenvalue weighted by Gasteiger charge is 2.40. The number of ether oxygens (including phenoxy) is 1. The predicted molar refractivity (Wildman–Crippen MR) is 132 cm³/mol. The van der Waals surface area contributed by atoms with Crippen molar-refractivity contribution in [2.75, 3.05) is 17.3 Å². The van der Waals surface area contributed by atoms with Crippen LogP contribution in [-0.4, -0.2) is 18.9 Å². The fourth-order valence-electron chi connectivity index (χ4n) is 3.90. The highest BCUT2D eigenvalue weighted by atomic mass is 16.5. The number of carbonyl (C=O) groups excluding carboxylic acids is 2. The zero-order chi connectivity index (χ0) is 23.8. The number of para-hydroxylation sites is 1. The number of benzene rings is 3. The smallest absolute Gasteiger partial charge is 0.282 e. The molecule has 0 radical (unpaired) electrons. The normalized spacial score (nSPS) is 14.2. The summed E-state index contributed by atoms with van der Waals surface area (Å²) in [6, 6.07) is 22.5. The van der Waals surface area contributed by atoms with Crippen LogP contribution < -0.4 is 15.0 Å². The van der Waals surface area contributed by atoms with Crippen molar-refractivity contribution in [2.24, 2.45) is 0 Å². The highest BCUT2D eigenvalue weighted by Crippen LogP contribution is 2.35. The van der Waals surface area contributed by atoms with Crippen LogP contribution in [-0.2, 0) is 15.0 Å². The van der Waals surface area contributed by atoms with Gasteiger partial charge in [-0.15, -0.1) is 0 Å². The van der Waals surface area contributed by atoms with E-state index in [1.54, 1.807) is 37.4 Å². The van der Waals surface area contributed by atoms with E-state index in [1.165, 1.54) is 10.5 Å². The lowest BCUT2D eigenvalue weighted by Crippen LogP contribution is -2.33. The molecule has 0 aliphatic carbocycles. The minimum atomic E-state index is -0.375. The van der Waals surface area contributed by atoms with Crippen molar-refractivity contribution >= 4 is 28.8 Å². The Morgan fingerprint density at radius 3 is 2.03 bits per heavy atom. The minimum absolute atomic E-state index is 0.0207. The van der Waals surface area contributed by atoms with Crippen LogP contribution in [0.4, 0.5) is 11.4 Å². The summed E-state index contributed by atoms with van der Waals surface area (Å²) in [6.45, 7) is 8.34. The number of aryl methyl sites for hydroxylation is 1. The molecule has 1 aliphatic rings. The third-order valence-electron chi connectivity index (χ3n) is 5.84. The molecule has 1 N–H and O–H groups in total. The quantitative estimate of drug-likeness (QED) is 0.517. The number of amides is 2. The van der Waals surface area contributed by atoms with E-state index in [0.29, 0.717) is 22.6 Å². The van der Waals surface area contributed by atoms with Gasteiger partial charge in [-0.3, -0.25) is 9.59 Å². The monoisotopic (exact) mass is 440 g/mol. The van der Waals surface area contributed by atoms with Crippen molar-refractivity contribution in [2.45, 2.75) is 33.1 Å². The van der Waals surface area contributed by atoms with Crippen LogP contribution >= 0.6 is 0 Å². The lowest BCUT2D eigenvalue weighted by Gasteiger charge is -2.19. The van der Waals surface area contributed by atoms with E-state index in [4.69, 9.17) is 4.74 Å². The molecule has 1 aliphatic heterocycles. The van der Waals surface area contributed by atoms with Gasteiger partial charge in [0.25, 0.3) is 11.8 Å². The Balaban J connectivity index is 1.79. The molecule has 0 saturated carbocycles. The summed E-state index contributed by atoms with van der Waals surface area (Å²) in [7, 11) is 1.59. The van der Waals surface area contributed by atoms with Crippen molar-refractivity contribution in [3.8, 4) is 5.75 Å². The van der Waals surface area contributed by atoms with E-state index >= 15 is 0 Å². The van der Waals surface area contributed by atoms with Crippen LogP contribution in [0.15, 0.2) is 78.5 Å². The molecule has 0 aromatic heterocycles. The Hall–Kier alpha value is -3.86. The van der Waals surface area contributed by atoms with Gasteiger partial charge >= 0.3 is 0 Å². The summed E-state index contributed by atoms with van der Waals surface area (Å²) in [5.74, 6) is -0.0487. The summed E-state index contributed by atoms with van der Waals surface area (Å²) in [5, 5.41) is 3.23. The molecule has 4 rings (SSSR count). The maximum atomic E-state index is 13.6. The van der Waals surface area contributed by atoms with E-state index in [-0.39, 0.29) is 22.9 Å². The second-order valence-electron chi connectivity index (χ2n) is 9.16. The van der Waals surface area contributed by atoms with Crippen molar-refractivity contribution in [3.05, 3.63) is 95.2 Å². The number of anilines is 2. The second-order valence-corrected chi connectivity index (χ2v) is 9.16. The van der Waals surface area contributed by atoms with E-state index in [1.807, 2.05) is 49.4 Å². The average Bonchev–Trinajstić information content (AvgIpc) is 3.03. The summed E-state index contributed by atoms with van der Waals surface area (Å²) >= 11 is 0. The average molecular weight is 441 g/mol. The number of hydrogen-bond acceptors (Lipinski definition) is 4. The van der Waals surface area contributed by atoms with Gasteiger partial charge in [-0.2, -0.15) is 0 Å².